The fourth-order valence-electron chi connectivity index (χ4n) is 2.22. The first-order chi connectivity index (χ1) is 8.02. The molecule has 17 heavy (non-hydrogen) atoms. The maximum Gasteiger partial charge on any atom is 0.314 e. The van der Waals surface area contributed by atoms with Crippen LogP contribution in [0.15, 0.2) is 0 Å². The summed E-state index contributed by atoms with van der Waals surface area (Å²) in [5, 5.41) is 13.8. The van der Waals surface area contributed by atoms with Gasteiger partial charge in [0.15, 0.2) is 0 Å². The fourth-order valence-corrected chi connectivity index (χ4v) is 2.22. The quantitative estimate of drug-likeness (QED) is 0.687. The summed E-state index contributed by atoms with van der Waals surface area (Å²) in [4.78, 5) is 21.7. The van der Waals surface area contributed by atoms with E-state index in [1.807, 2.05) is 0 Å². The molecule has 1 saturated carbocycles. The van der Waals surface area contributed by atoms with Crippen molar-refractivity contribution < 1.29 is 14.7 Å². The van der Waals surface area contributed by atoms with Crippen molar-refractivity contribution in [2.45, 2.75) is 45.4 Å². The van der Waals surface area contributed by atoms with E-state index in [0.29, 0.717) is 6.54 Å². The highest BCUT2D eigenvalue weighted by molar-refractivity contribution is 5.74. The fraction of sp³-hybridized carbons (Fsp3) is 0.833. The van der Waals surface area contributed by atoms with Crippen molar-refractivity contribution in [3.05, 3.63) is 0 Å². The minimum Gasteiger partial charge on any atom is -0.481 e. The Labute approximate surface area is 102 Å². The largest absolute Gasteiger partial charge is 0.481 e. The van der Waals surface area contributed by atoms with Crippen LogP contribution in [0.5, 0.6) is 0 Å². The Kier molecular flexibility index (Phi) is 5.25. The molecule has 0 aromatic carbocycles. The zero-order chi connectivity index (χ0) is 12.7. The van der Waals surface area contributed by atoms with E-state index in [4.69, 9.17) is 5.11 Å². The molecule has 98 valence electrons. The van der Waals surface area contributed by atoms with Gasteiger partial charge in [-0.25, -0.2) is 4.79 Å². The smallest absolute Gasteiger partial charge is 0.314 e. The van der Waals surface area contributed by atoms with Crippen LogP contribution < -0.4 is 10.6 Å². The molecule has 0 aromatic rings. The normalized spacial score (nSPS) is 18.4. The van der Waals surface area contributed by atoms with Gasteiger partial charge in [-0.3, -0.25) is 4.79 Å². The maximum absolute atomic E-state index is 11.4. The molecule has 0 saturated heterocycles. The number of carboxylic acid groups (broad SMARTS) is 1. The minimum absolute atomic E-state index is 0.0370. The monoisotopic (exact) mass is 242 g/mol. The van der Waals surface area contributed by atoms with Crippen molar-refractivity contribution in [1.29, 1.82) is 0 Å². The predicted octanol–water partition coefficient (Wildman–Crippen LogP) is 1.73. The van der Waals surface area contributed by atoms with Crippen molar-refractivity contribution >= 4 is 12.0 Å². The van der Waals surface area contributed by atoms with Crippen molar-refractivity contribution in [2.75, 3.05) is 13.1 Å². The first-order valence-corrected chi connectivity index (χ1v) is 6.25. The molecule has 0 spiro atoms. The van der Waals surface area contributed by atoms with Gasteiger partial charge in [0.05, 0.1) is 6.42 Å². The third-order valence-electron chi connectivity index (χ3n) is 3.36. The molecule has 0 unspecified atom stereocenters. The van der Waals surface area contributed by atoms with E-state index in [-0.39, 0.29) is 24.4 Å². The molecule has 1 rings (SSSR count). The Morgan fingerprint density at radius 1 is 1.18 bits per heavy atom. The standard InChI is InChI=1S/C12H22N2O3/c1-12(6-3-2-4-7-12)9-14-11(17)13-8-5-10(15)16/h2-9H2,1H3,(H,15,16)(H2,13,14,17). The summed E-state index contributed by atoms with van der Waals surface area (Å²) in [6.07, 6.45) is 6.04. The number of amides is 2. The van der Waals surface area contributed by atoms with Crippen LogP contribution in [0.2, 0.25) is 0 Å². The molecular weight excluding hydrogens is 220 g/mol. The first kappa shape index (κ1) is 13.8. The van der Waals surface area contributed by atoms with Crippen LogP contribution in [-0.4, -0.2) is 30.2 Å². The van der Waals surface area contributed by atoms with Gasteiger partial charge >= 0.3 is 12.0 Å². The topological polar surface area (TPSA) is 78.4 Å². The second kappa shape index (κ2) is 6.47. The number of nitrogens with one attached hydrogen (secondary N) is 2. The van der Waals surface area contributed by atoms with Gasteiger partial charge in [0.25, 0.3) is 0 Å². The van der Waals surface area contributed by atoms with E-state index in [2.05, 4.69) is 17.6 Å². The third-order valence-corrected chi connectivity index (χ3v) is 3.36. The van der Waals surface area contributed by atoms with Crippen LogP contribution in [0.4, 0.5) is 4.79 Å². The molecule has 0 atom stereocenters. The van der Waals surface area contributed by atoms with Crippen LogP contribution in [-0.2, 0) is 4.79 Å². The number of aliphatic carboxylic acids is 1. The first-order valence-electron chi connectivity index (χ1n) is 6.25. The van der Waals surface area contributed by atoms with Gasteiger partial charge in [-0.1, -0.05) is 26.2 Å². The van der Waals surface area contributed by atoms with E-state index in [1.54, 1.807) is 0 Å². The van der Waals surface area contributed by atoms with E-state index in [9.17, 15) is 9.59 Å². The van der Waals surface area contributed by atoms with E-state index in [0.717, 1.165) is 12.8 Å². The Morgan fingerprint density at radius 2 is 1.82 bits per heavy atom. The molecule has 1 aliphatic carbocycles. The van der Waals surface area contributed by atoms with Crippen LogP contribution >= 0.6 is 0 Å². The number of urea groups is 1. The molecule has 0 aliphatic heterocycles. The highest BCUT2D eigenvalue weighted by Crippen LogP contribution is 2.34. The van der Waals surface area contributed by atoms with Gasteiger partial charge in [0, 0.05) is 13.1 Å². The lowest BCUT2D eigenvalue weighted by molar-refractivity contribution is -0.136. The molecule has 2 amide bonds. The molecule has 0 aromatic heterocycles. The lowest BCUT2D eigenvalue weighted by atomic mass is 9.76. The molecule has 3 N–H and O–H groups in total. The van der Waals surface area contributed by atoms with E-state index >= 15 is 0 Å². The van der Waals surface area contributed by atoms with Crippen LogP contribution in [0.25, 0.3) is 0 Å². The van der Waals surface area contributed by atoms with Crippen molar-refractivity contribution in [3.63, 3.8) is 0 Å². The van der Waals surface area contributed by atoms with Gasteiger partial charge in [0.2, 0.25) is 0 Å². The molecule has 1 aliphatic rings. The van der Waals surface area contributed by atoms with Crippen molar-refractivity contribution in [2.24, 2.45) is 5.41 Å². The number of hydrogen-bond acceptors (Lipinski definition) is 2. The Bertz CT molecular complexity index is 273. The summed E-state index contributed by atoms with van der Waals surface area (Å²) < 4.78 is 0. The zero-order valence-electron chi connectivity index (χ0n) is 10.4. The zero-order valence-corrected chi connectivity index (χ0v) is 10.4. The molecule has 0 heterocycles. The molecule has 0 radical (unpaired) electrons. The van der Waals surface area contributed by atoms with Crippen LogP contribution in [0, 0.1) is 5.41 Å². The minimum atomic E-state index is -0.899. The maximum atomic E-state index is 11.4. The van der Waals surface area contributed by atoms with Crippen molar-refractivity contribution in [1.82, 2.24) is 10.6 Å². The Balaban J connectivity index is 2.16. The average molecular weight is 242 g/mol. The SMILES string of the molecule is CC1(CNC(=O)NCCC(=O)O)CCCCC1. The summed E-state index contributed by atoms with van der Waals surface area (Å²) in [6.45, 7) is 3.05. The second-order valence-corrected chi connectivity index (χ2v) is 5.12. The number of rotatable bonds is 5. The summed E-state index contributed by atoms with van der Waals surface area (Å²) in [7, 11) is 0. The van der Waals surface area contributed by atoms with Gasteiger partial charge in [-0.2, -0.15) is 0 Å². The van der Waals surface area contributed by atoms with Gasteiger partial charge in [0.1, 0.15) is 0 Å². The average Bonchev–Trinajstić information content (AvgIpc) is 2.27. The lowest BCUT2D eigenvalue weighted by Gasteiger charge is -2.33. The number of carbonyl (C=O) groups is 2. The Hall–Kier alpha value is -1.26. The summed E-state index contributed by atoms with van der Waals surface area (Å²) in [5.41, 5.74) is 0.211. The molecular formula is C12H22N2O3. The summed E-state index contributed by atoms with van der Waals surface area (Å²) >= 11 is 0. The number of carbonyl (C=O) groups excluding carboxylic acids is 1. The highest BCUT2D eigenvalue weighted by Gasteiger charge is 2.26. The van der Waals surface area contributed by atoms with Crippen LogP contribution in [0.3, 0.4) is 0 Å². The van der Waals surface area contributed by atoms with E-state index < -0.39 is 5.97 Å². The predicted molar refractivity (Wildman–Crippen MR) is 64.8 cm³/mol. The number of carboxylic acids is 1. The molecule has 1 fully saturated rings. The van der Waals surface area contributed by atoms with Gasteiger partial charge < -0.3 is 15.7 Å². The Morgan fingerprint density at radius 3 is 2.41 bits per heavy atom. The van der Waals surface area contributed by atoms with Gasteiger partial charge in [-0.15, -0.1) is 0 Å². The molecule has 5 heteroatoms. The van der Waals surface area contributed by atoms with Crippen molar-refractivity contribution in [3.8, 4) is 0 Å². The van der Waals surface area contributed by atoms with Crippen LogP contribution in [0.1, 0.15) is 45.4 Å². The lowest BCUT2D eigenvalue weighted by Crippen LogP contribution is -2.42. The van der Waals surface area contributed by atoms with Gasteiger partial charge in [-0.05, 0) is 18.3 Å². The van der Waals surface area contributed by atoms with E-state index in [1.165, 1.54) is 19.3 Å². The number of hydrogen-bond donors (Lipinski definition) is 3. The summed E-state index contributed by atoms with van der Waals surface area (Å²) in [6, 6.07) is -0.266. The molecule has 5 nitrogen and oxygen atoms in total. The second-order valence-electron chi connectivity index (χ2n) is 5.12. The highest BCUT2D eigenvalue weighted by atomic mass is 16.4. The molecule has 0 bridgehead atoms. The summed E-state index contributed by atoms with van der Waals surface area (Å²) in [5.74, 6) is -0.899. The third kappa shape index (κ3) is 5.56.